The monoisotopic (exact) mass is 453 g/mol. The third-order valence-corrected chi connectivity index (χ3v) is 7.24. The average molecular weight is 453 g/mol. The summed E-state index contributed by atoms with van der Waals surface area (Å²) >= 11 is 0. The molecule has 4 atom stereocenters. The van der Waals surface area contributed by atoms with Gasteiger partial charge in [0.2, 0.25) is 5.78 Å². The minimum atomic E-state index is -2.63. The smallest absolute Gasteiger partial charge is 0.255 e. The summed E-state index contributed by atoms with van der Waals surface area (Å²) in [7, 11) is 3.13. The molecule has 0 radical (unpaired) electrons. The molecule has 172 valence electrons. The Kier molecular flexibility index (Phi) is 4.30. The number of phenols is 1. The molecular weight excluding hydrogens is 430 g/mol. The number of aliphatic hydroxyl groups excluding tert-OH is 2. The highest BCUT2D eigenvalue weighted by Crippen LogP contribution is 2.53. The molecule has 1 aromatic carbocycles. The lowest BCUT2D eigenvalue weighted by molar-refractivity contribution is -0.153. The van der Waals surface area contributed by atoms with Crippen LogP contribution in [0.15, 0.2) is 35.2 Å². The Labute approximate surface area is 187 Å². The standard InChI is InChI=1S/C23H23N3O7/c1-26(2)16-11-6-8-5-9-7-12-10(3-4-25-12)17(27)13(9)18(28)14(8)20(30)23(11,33)21(31)15(19(16)29)22(24)32/h3-4,7-8,11,16,25,27-28,31,33H,5-6H2,1-2H3,(H2,24,32)/t8-,11-,16-,23-/m0/s1. The number of aromatic amines is 1. The van der Waals surface area contributed by atoms with Crippen LogP contribution < -0.4 is 5.73 Å². The number of benzene rings is 1. The number of hydrogen-bond acceptors (Lipinski definition) is 8. The highest BCUT2D eigenvalue weighted by Gasteiger charge is 2.64. The van der Waals surface area contributed by atoms with Crippen LogP contribution >= 0.6 is 0 Å². The van der Waals surface area contributed by atoms with Gasteiger partial charge in [-0.05, 0) is 50.6 Å². The molecule has 1 heterocycles. The van der Waals surface area contributed by atoms with E-state index in [9.17, 15) is 34.8 Å². The van der Waals surface area contributed by atoms with Crippen LogP contribution in [0.3, 0.4) is 0 Å². The molecule has 0 saturated heterocycles. The van der Waals surface area contributed by atoms with Gasteiger partial charge in [-0.25, -0.2) is 0 Å². The second-order valence-electron chi connectivity index (χ2n) is 9.16. The molecule has 7 N–H and O–H groups in total. The zero-order valence-electron chi connectivity index (χ0n) is 17.9. The van der Waals surface area contributed by atoms with Crippen LogP contribution in [0.5, 0.6) is 5.75 Å². The molecular formula is C23H23N3O7. The molecule has 1 fully saturated rings. The molecule has 0 spiro atoms. The number of carbonyl (C=O) groups is 3. The van der Waals surface area contributed by atoms with Crippen molar-refractivity contribution in [1.29, 1.82) is 0 Å². The van der Waals surface area contributed by atoms with E-state index >= 15 is 0 Å². The third-order valence-electron chi connectivity index (χ3n) is 7.24. The Morgan fingerprint density at radius 1 is 1.24 bits per heavy atom. The molecule has 33 heavy (non-hydrogen) atoms. The maximum Gasteiger partial charge on any atom is 0.255 e. The minimum absolute atomic E-state index is 0.0648. The van der Waals surface area contributed by atoms with Crippen LogP contribution in [0.25, 0.3) is 16.7 Å². The lowest BCUT2D eigenvalue weighted by Crippen LogP contribution is -2.65. The molecule has 1 saturated carbocycles. The molecule has 0 unspecified atom stereocenters. The number of aliphatic hydroxyl groups is 3. The minimum Gasteiger partial charge on any atom is -0.508 e. The Bertz CT molecular complexity index is 1340. The zero-order valence-corrected chi connectivity index (χ0v) is 17.9. The lowest BCUT2D eigenvalue weighted by Gasteiger charge is -2.50. The maximum atomic E-state index is 13.7. The van der Waals surface area contributed by atoms with E-state index in [0.717, 1.165) is 0 Å². The van der Waals surface area contributed by atoms with Gasteiger partial charge in [-0.3, -0.25) is 19.3 Å². The number of fused-ring (bicyclic) bond motifs is 4. The van der Waals surface area contributed by atoms with Gasteiger partial charge in [-0.15, -0.1) is 0 Å². The quantitative estimate of drug-likeness (QED) is 0.355. The van der Waals surface area contributed by atoms with E-state index in [0.29, 0.717) is 16.5 Å². The number of nitrogens with one attached hydrogen (secondary N) is 1. The number of Topliss-reactive ketones (excluding diaryl/α,β-unsaturated/α-hetero) is 2. The number of hydrogen-bond donors (Lipinski definition) is 6. The molecule has 10 heteroatoms. The molecule has 1 amide bonds. The van der Waals surface area contributed by atoms with Crippen molar-refractivity contribution in [3.8, 4) is 5.75 Å². The van der Waals surface area contributed by atoms with Crippen LogP contribution in [-0.4, -0.2) is 73.5 Å². The number of primary amides is 1. The summed E-state index contributed by atoms with van der Waals surface area (Å²) in [5.74, 6) is -6.51. The number of amides is 1. The first-order valence-corrected chi connectivity index (χ1v) is 10.5. The van der Waals surface area contributed by atoms with E-state index < -0.39 is 58.0 Å². The maximum absolute atomic E-state index is 13.7. The first-order chi connectivity index (χ1) is 15.5. The number of H-pyrrole nitrogens is 1. The van der Waals surface area contributed by atoms with Crippen molar-refractivity contribution in [3.63, 3.8) is 0 Å². The van der Waals surface area contributed by atoms with E-state index in [1.165, 1.54) is 4.90 Å². The van der Waals surface area contributed by atoms with Gasteiger partial charge < -0.3 is 31.1 Å². The third kappa shape index (κ3) is 2.53. The summed E-state index contributed by atoms with van der Waals surface area (Å²) in [6.07, 6.45) is 1.96. The van der Waals surface area contributed by atoms with Crippen molar-refractivity contribution in [2.24, 2.45) is 17.6 Å². The number of carbonyl (C=O) groups excluding carboxylic acids is 3. The number of ketones is 2. The Morgan fingerprint density at radius 3 is 2.58 bits per heavy atom. The van der Waals surface area contributed by atoms with Crippen molar-refractivity contribution in [2.45, 2.75) is 24.5 Å². The Hall–Kier alpha value is -3.63. The SMILES string of the molecule is CN(C)[C@@H]1C(=O)C(C(N)=O)=C(O)[C@@]2(O)C(=O)C3=C(O)c4c(cc5[nH]ccc5c4O)C[C@H]3C[C@@H]12. The summed E-state index contributed by atoms with van der Waals surface area (Å²) in [6, 6.07) is 2.31. The molecule has 3 aliphatic rings. The first kappa shape index (κ1) is 21.2. The van der Waals surface area contributed by atoms with Crippen molar-refractivity contribution in [1.82, 2.24) is 9.88 Å². The van der Waals surface area contributed by atoms with Crippen LogP contribution in [0.2, 0.25) is 0 Å². The van der Waals surface area contributed by atoms with Crippen LogP contribution in [0.1, 0.15) is 17.5 Å². The van der Waals surface area contributed by atoms with E-state index in [1.807, 2.05) is 0 Å². The molecule has 10 nitrogen and oxygen atoms in total. The Balaban J connectivity index is 1.76. The topological polar surface area (TPSA) is 177 Å². The lowest BCUT2D eigenvalue weighted by atomic mass is 9.57. The van der Waals surface area contributed by atoms with Gasteiger partial charge >= 0.3 is 0 Å². The van der Waals surface area contributed by atoms with Crippen molar-refractivity contribution < 1.29 is 34.8 Å². The molecule has 0 bridgehead atoms. The summed E-state index contributed by atoms with van der Waals surface area (Å²) in [4.78, 5) is 43.2. The number of aromatic hydroxyl groups is 1. The Morgan fingerprint density at radius 2 is 1.94 bits per heavy atom. The van der Waals surface area contributed by atoms with Gasteiger partial charge in [0, 0.05) is 28.6 Å². The molecule has 2 aromatic rings. The molecule has 5 rings (SSSR count). The number of nitrogens with two attached hydrogens (primary N) is 1. The van der Waals surface area contributed by atoms with E-state index in [1.54, 1.807) is 32.4 Å². The van der Waals surface area contributed by atoms with E-state index in [-0.39, 0.29) is 29.7 Å². The summed E-state index contributed by atoms with van der Waals surface area (Å²) in [5.41, 5.74) is 3.04. The van der Waals surface area contributed by atoms with Crippen molar-refractivity contribution >= 4 is 34.1 Å². The number of nitrogens with zero attached hydrogens (tertiary/aromatic N) is 1. The highest BCUT2D eigenvalue weighted by atomic mass is 16.3. The van der Waals surface area contributed by atoms with Gasteiger partial charge in [0.05, 0.1) is 11.6 Å². The number of likely N-dealkylation sites (N-methyl/N-ethyl adjacent to an activating group) is 1. The fourth-order valence-corrected chi connectivity index (χ4v) is 5.82. The fourth-order valence-electron chi connectivity index (χ4n) is 5.82. The van der Waals surface area contributed by atoms with Crippen LogP contribution in [0, 0.1) is 11.8 Å². The summed E-state index contributed by atoms with van der Waals surface area (Å²) in [6.45, 7) is 0. The largest absolute Gasteiger partial charge is 0.508 e. The molecule has 0 aliphatic heterocycles. The van der Waals surface area contributed by atoms with E-state index in [4.69, 9.17) is 5.73 Å². The van der Waals surface area contributed by atoms with Gasteiger partial charge in [0.25, 0.3) is 5.91 Å². The van der Waals surface area contributed by atoms with Gasteiger partial charge in [-0.2, -0.15) is 0 Å². The number of rotatable bonds is 2. The predicted molar refractivity (Wildman–Crippen MR) is 116 cm³/mol. The molecule has 1 aromatic heterocycles. The normalized spacial score (nSPS) is 29.4. The fraction of sp³-hybridized carbons (Fsp3) is 0.348. The van der Waals surface area contributed by atoms with Gasteiger partial charge in [-0.1, -0.05) is 0 Å². The number of aromatic nitrogens is 1. The van der Waals surface area contributed by atoms with Crippen molar-refractivity contribution in [3.05, 3.63) is 46.4 Å². The zero-order chi connectivity index (χ0) is 24.0. The van der Waals surface area contributed by atoms with E-state index in [2.05, 4.69) is 4.98 Å². The molecule has 3 aliphatic carbocycles. The van der Waals surface area contributed by atoms with Crippen LogP contribution in [-0.2, 0) is 20.8 Å². The number of phenolic OH excluding ortho intramolecular Hbond substituents is 1. The second-order valence-corrected chi connectivity index (χ2v) is 9.16. The van der Waals surface area contributed by atoms with Crippen LogP contribution in [0.4, 0.5) is 0 Å². The van der Waals surface area contributed by atoms with Gasteiger partial charge in [0.15, 0.2) is 11.4 Å². The summed E-state index contributed by atoms with van der Waals surface area (Å²) < 4.78 is 0. The first-order valence-electron chi connectivity index (χ1n) is 10.5. The predicted octanol–water partition coefficient (Wildman–Crippen LogP) is 0.445. The summed E-state index contributed by atoms with van der Waals surface area (Å²) in [5, 5.41) is 44.7. The highest BCUT2D eigenvalue weighted by molar-refractivity contribution is 6.24. The van der Waals surface area contributed by atoms with Gasteiger partial charge in [0.1, 0.15) is 22.8 Å². The second kappa shape index (κ2) is 6.69. The average Bonchev–Trinajstić information content (AvgIpc) is 3.19. The van der Waals surface area contributed by atoms with Crippen molar-refractivity contribution in [2.75, 3.05) is 14.1 Å².